The van der Waals surface area contributed by atoms with Crippen LogP contribution in [0.2, 0.25) is 0 Å². The molecular weight excluding hydrogens is 400 g/mol. The van der Waals surface area contributed by atoms with Crippen molar-refractivity contribution in [2.45, 2.75) is 6.92 Å². The average Bonchev–Trinajstić information content (AvgIpc) is 3.21. The molecule has 2 aromatic carbocycles. The Morgan fingerprint density at radius 2 is 1.73 bits per heavy atom. The van der Waals surface area contributed by atoms with Crippen molar-refractivity contribution in [1.82, 2.24) is 10.3 Å². The molecule has 0 saturated carbocycles. The van der Waals surface area contributed by atoms with E-state index in [4.69, 9.17) is 0 Å². The van der Waals surface area contributed by atoms with Crippen LogP contribution < -0.4 is 15.5 Å². The summed E-state index contributed by atoms with van der Waals surface area (Å²) in [4.78, 5) is 41.8. The van der Waals surface area contributed by atoms with Gasteiger partial charge in [0, 0.05) is 36.7 Å². The normalized spacial score (nSPS) is 10.6. The molecule has 2 N–H and O–H groups in total. The summed E-state index contributed by atoms with van der Waals surface area (Å²) in [7, 11) is 1.56. The van der Waals surface area contributed by atoms with Crippen molar-refractivity contribution in [1.29, 1.82) is 0 Å². The van der Waals surface area contributed by atoms with Crippen LogP contribution in [-0.4, -0.2) is 29.8 Å². The van der Waals surface area contributed by atoms with Gasteiger partial charge in [-0.15, -0.1) is 11.3 Å². The minimum absolute atomic E-state index is 0.149. The molecule has 0 aliphatic carbocycles. The SMILES string of the molecule is CNC(=O)c1ccc(NC(=O)/C=C/c2csc(N(C(C)=O)c3ccccc3)n2)cc1. The van der Waals surface area contributed by atoms with Crippen LogP contribution >= 0.6 is 11.3 Å². The van der Waals surface area contributed by atoms with E-state index in [2.05, 4.69) is 15.6 Å². The lowest BCUT2D eigenvalue weighted by Crippen LogP contribution is -2.22. The largest absolute Gasteiger partial charge is 0.355 e. The summed E-state index contributed by atoms with van der Waals surface area (Å²) in [6, 6.07) is 15.8. The molecule has 3 amide bonds. The number of amides is 3. The molecule has 8 heteroatoms. The maximum absolute atomic E-state index is 12.2. The van der Waals surface area contributed by atoms with E-state index in [0.717, 1.165) is 5.69 Å². The molecule has 152 valence electrons. The van der Waals surface area contributed by atoms with Gasteiger partial charge >= 0.3 is 0 Å². The second kappa shape index (κ2) is 9.62. The first-order chi connectivity index (χ1) is 14.5. The van der Waals surface area contributed by atoms with E-state index in [-0.39, 0.29) is 17.7 Å². The standard InChI is InChI=1S/C22H20N4O3S/c1-15(27)26(19-6-4-3-5-7-19)22-25-18(14-30-22)12-13-20(28)24-17-10-8-16(9-11-17)21(29)23-2/h3-14H,1-2H3,(H,23,29)(H,24,28)/b13-12+. The van der Waals surface area contributed by atoms with E-state index in [1.54, 1.807) is 42.8 Å². The molecule has 1 aromatic heterocycles. The minimum atomic E-state index is -0.330. The lowest BCUT2D eigenvalue weighted by molar-refractivity contribution is -0.116. The summed E-state index contributed by atoms with van der Waals surface area (Å²) in [6.07, 6.45) is 2.95. The summed E-state index contributed by atoms with van der Waals surface area (Å²) in [6.45, 7) is 1.48. The molecule has 0 atom stereocenters. The third-order valence-electron chi connectivity index (χ3n) is 4.08. The van der Waals surface area contributed by atoms with E-state index >= 15 is 0 Å². The maximum Gasteiger partial charge on any atom is 0.251 e. The average molecular weight is 420 g/mol. The molecule has 7 nitrogen and oxygen atoms in total. The molecule has 0 radical (unpaired) electrons. The van der Waals surface area contributed by atoms with Crippen LogP contribution in [0.15, 0.2) is 66.1 Å². The summed E-state index contributed by atoms with van der Waals surface area (Å²) in [5.41, 5.74) is 2.38. The van der Waals surface area contributed by atoms with Gasteiger partial charge in [-0.1, -0.05) is 18.2 Å². The number of para-hydroxylation sites is 1. The number of carbonyl (C=O) groups excluding carboxylic acids is 3. The Kier molecular flexibility index (Phi) is 6.71. The van der Waals surface area contributed by atoms with Crippen molar-refractivity contribution in [2.75, 3.05) is 17.3 Å². The van der Waals surface area contributed by atoms with Crippen molar-refractivity contribution >= 4 is 51.6 Å². The summed E-state index contributed by atoms with van der Waals surface area (Å²) < 4.78 is 0. The second-order valence-electron chi connectivity index (χ2n) is 6.22. The predicted octanol–water partition coefficient (Wildman–Crippen LogP) is 3.84. The highest BCUT2D eigenvalue weighted by Crippen LogP contribution is 2.29. The van der Waals surface area contributed by atoms with Crippen LogP contribution in [0.1, 0.15) is 23.0 Å². The van der Waals surface area contributed by atoms with Crippen LogP contribution in [0.3, 0.4) is 0 Å². The van der Waals surface area contributed by atoms with Crippen molar-refractivity contribution in [3.8, 4) is 0 Å². The number of nitrogens with one attached hydrogen (secondary N) is 2. The fourth-order valence-corrected chi connectivity index (χ4v) is 3.51. The number of nitrogens with zero attached hydrogens (tertiary/aromatic N) is 2. The quantitative estimate of drug-likeness (QED) is 0.593. The van der Waals surface area contributed by atoms with E-state index in [0.29, 0.717) is 22.1 Å². The Labute approximate surface area is 178 Å². The van der Waals surface area contributed by atoms with Gasteiger partial charge in [-0.3, -0.25) is 19.3 Å². The molecule has 3 rings (SSSR count). The van der Waals surface area contributed by atoms with Gasteiger partial charge < -0.3 is 10.6 Å². The van der Waals surface area contributed by atoms with Crippen LogP contribution in [-0.2, 0) is 9.59 Å². The number of hydrogen-bond donors (Lipinski definition) is 2. The van der Waals surface area contributed by atoms with Crippen molar-refractivity contribution in [2.24, 2.45) is 0 Å². The number of thiazole rings is 1. The fourth-order valence-electron chi connectivity index (χ4n) is 2.65. The Balaban J connectivity index is 1.67. The molecule has 0 aliphatic rings. The third-order valence-corrected chi connectivity index (χ3v) is 4.92. The van der Waals surface area contributed by atoms with Crippen molar-refractivity contribution in [3.63, 3.8) is 0 Å². The monoisotopic (exact) mass is 420 g/mol. The van der Waals surface area contributed by atoms with Crippen LogP contribution in [0.4, 0.5) is 16.5 Å². The first-order valence-electron chi connectivity index (χ1n) is 9.10. The fraction of sp³-hybridized carbons (Fsp3) is 0.0909. The molecule has 0 fully saturated rings. The highest BCUT2D eigenvalue weighted by Gasteiger charge is 2.17. The van der Waals surface area contributed by atoms with Gasteiger partial charge in [0.25, 0.3) is 5.91 Å². The van der Waals surface area contributed by atoms with Crippen molar-refractivity contribution < 1.29 is 14.4 Å². The van der Waals surface area contributed by atoms with Gasteiger partial charge in [-0.2, -0.15) is 0 Å². The molecule has 0 bridgehead atoms. The first-order valence-corrected chi connectivity index (χ1v) is 9.98. The predicted molar refractivity (Wildman–Crippen MR) is 119 cm³/mol. The Morgan fingerprint density at radius 1 is 1.03 bits per heavy atom. The van der Waals surface area contributed by atoms with E-state index in [1.165, 1.54) is 29.2 Å². The Bertz CT molecular complexity index is 1080. The lowest BCUT2D eigenvalue weighted by atomic mass is 10.2. The molecular formula is C22H20N4O3S. The lowest BCUT2D eigenvalue weighted by Gasteiger charge is -2.17. The number of benzene rings is 2. The molecule has 30 heavy (non-hydrogen) atoms. The Hall–Kier alpha value is -3.78. The van der Waals surface area contributed by atoms with E-state index in [9.17, 15) is 14.4 Å². The highest BCUT2D eigenvalue weighted by molar-refractivity contribution is 7.14. The van der Waals surface area contributed by atoms with Gasteiger partial charge in [-0.05, 0) is 42.5 Å². The third kappa shape index (κ3) is 5.18. The molecule has 0 unspecified atom stereocenters. The van der Waals surface area contributed by atoms with Gasteiger partial charge in [0.15, 0.2) is 5.13 Å². The van der Waals surface area contributed by atoms with E-state index < -0.39 is 0 Å². The topological polar surface area (TPSA) is 91.4 Å². The van der Waals surface area contributed by atoms with Gasteiger partial charge in [-0.25, -0.2) is 4.98 Å². The van der Waals surface area contributed by atoms with Crippen LogP contribution in [0, 0.1) is 0 Å². The molecule has 0 saturated heterocycles. The second-order valence-corrected chi connectivity index (χ2v) is 7.06. The first kappa shape index (κ1) is 20.9. The highest BCUT2D eigenvalue weighted by atomic mass is 32.1. The Morgan fingerprint density at radius 3 is 2.37 bits per heavy atom. The van der Waals surface area contributed by atoms with Gasteiger partial charge in [0.05, 0.1) is 11.4 Å². The smallest absolute Gasteiger partial charge is 0.251 e. The molecule has 1 heterocycles. The molecule has 0 aliphatic heterocycles. The summed E-state index contributed by atoms with van der Waals surface area (Å²) in [5.74, 6) is -0.671. The van der Waals surface area contributed by atoms with E-state index in [1.807, 2.05) is 30.3 Å². The van der Waals surface area contributed by atoms with Crippen LogP contribution in [0.5, 0.6) is 0 Å². The zero-order valence-electron chi connectivity index (χ0n) is 16.5. The summed E-state index contributed by atoms with van der Waals surface area (Å²) >= 11 is 1.32. The maximum atomic E-state index is 12.2. The number of aromatic nitrogens is 1. The molecule has 3 aromatic rings. The number of anilines is 3. The number of carbonyl (C=O) groups is 3. The van der Waals surface area contributed by atoms with Crippen molar-refractivity contribution in [3.05, 3.63) is 77.3 Å². The zero-order chi connectivity index (χ0) is 21.5. The van der Waals surface area contributed by atoms with Gasteiger partial charge in [0.2, 0.25) is 11.8 Å². The molecule has 0 spiro atoms. The summed E-state index contributed by atoms with van der Waals surface area (Å²) in [5, 5.41) is 7.56. The zero-order valence-corrected chi connectivity index (χ0v) is 17.3. The number of rotatable bonds is 6. The van der Waals surface area contributed by atoms with Crippen LogP contribution in [0.25, 0.3) is 6.08 Å². The van der Waals surface area contributed by atoms with Gasteiger partial charge in [0.1, 0.15) is 0 Å². The minimum Gasteiger partial charge on any atom is -0.355 e. The number of hydrogen-bond acceptors (Lipinski definition) is 5.